The van der Waals surface area contributed by atoms with Crippen LogP contribution in [0.1, 0.15) is 166 Å². The zero-order valence-corrected chi connectivity index (χ0v) is 63.1. The van der Waals surface area contributed by atoms with Gasteiger partial charge in [0.25, 0.3) is 5.69 Å². The van der Waals surface area contributed by atoms with Crippen LogP contribution < -0.4 is 10.6 Å². The van der Waals surface area contributed by atoms with Crippen LogP contribution in [0, 0.1) is 10.1 Å². The third-order valence-electron chi connectivity index (χ3n) is 13.5. The number of esters is 8. The molecule has 0 saturated carbocycles. The average Bonchev–Trinajstić information content (AvgIpc) is 1.78. The molecule has 2 fully saturated rings. The molecule has 31 nitrogen and oxygen atoms in total. The van der Waals surface area contributed by atoms with Crippen molar-refractivity contribution in [3.05, 3.63) is 28.3 Å². The maximum atomic E-state index is 14.5. The van der Waals surface area contributed by atoms with Crippen molar-refractivity contribution >= 4 is 77.0 Å². The number of nitrogens with zero attached hydrogens (tertiary/aromatic N) is 7. The van der Waals surface area contributed by atoms with Crippen molar-refractivity contribution in [2.45, 2.75) is 222 Å². The van der Waals surface area contributed by atoms with Gasteiger partial charge in [0.2, 0.25) is 0 Å². The Morgan fingerprint density at radius 3 is 0.768 bits per heavy atom. The van der Waals surface area contributed by atoms with E-state index in [0.717, 1.165) is 18.2 Å². The number of ether oxygens (including phenoxy) is 10. The Morgan fingerprint density at radius 1 is 0.374 bits per heavy atom. The van der Waals surface area contributed by atoms with Crippen molar-refractivity contribution in [2.75, 3.05) is 129 Å². The highest BCUT2D eigenvalue weighted by molar-refractivity contribution is 5.90. The van der Waals surface area contributed by atoms with Gasteiger partial charge >= 0.3 is 59.9 Å². The molecule has 2 amide bonds. The first kappa shape index (κ1) is 85.9. The Kier molecular flexibility index (Phi) is 29.8. The molecule has 0 bridgehead atoms. The summed E-state index contributed by atoms with van der Waals surface area (Å²) in [5, 5.41) is 17.6. The first-order valence-corrected chi connectivity index (χ1v) is 33.1. The molecular formula is C68H113N9O22. The summed E-state index contributed by atoms with van der Waals surface area (Å²) in [6.07, 6.45) is -2.51. The molecule has 2 aliphatic rings. The molecular weight excluding hydrogens is 1290 g/mol. The van der Waals surface area contributed by atoms with E-state index in [9.17, 15) is 58.1 Å². The summed E-state index contributed by atoms with van der Waals surface area (Å²) >= 11 is 0. The molecule has 0 unspecified atom stereocenters. The molecule has 0 spiro atoms. The van der Waals surface area contributed by atoms with Gasteiger partial charge in [-0.05, 0) is 172 Å². The van der Waals surface area contributed by atoms with Crippen LogP contribution in [0.4, 0.5) is 26.7 Å². The molecule has 99 heavy (non-hydrogen) atoms. The lowest BCUT2D eigenvalue weighted by atomic mass is 9.95. The predicted octanol–water partition coefficient (Wildman–Crippen LogP) is 6.74. The van der Waals surface area contributed by atoms with E-state index in [4.69, 9.17) is 47.4 Å². The molecule has 0 radical (unpaired) electrons. The number of benzene rings is 1. The van der Waals surface area contributed by atoms with Gasteiger partial charge in [-0.15, -0.1) is 0 Å². The highest BCUT2D eigenvalue weighted by atomic mass is 16.6. The number of nitro benzene ring substituents is 1. The van der Waals surface area contributed by atoms with Gasteiger partial charge in [-0.25, -0.2) is 9.59 Å². The molecule has 2 saturated heterocycles. The summed E-state index contributed by atoms with van der Waals surface area (Å²) in [5.41, 5.74) is -12.5. The number of hydrogen-bond donors (Lipinski definition) is 2. The number of rotatable bonds is 25. The fourth-order valence-corrected chi connectivity index (χ4v) is 10.6. The van der Waals surface area contributed by atoms with Gasteiger partial charge in [0, 0.05) is 64.5 Å². The number of non-ortho nitro benzene ring substituents is 1. The fourth-order valence-electron chi connectivity index (χ4n) is 10.6. The van der Waals surface area contributed by atoms with Gasteiger partial charge in [-0.1, -0.05) is 0 Å². The van der Waals surface area contributed by atoms with Crippen molar-refractivity contribution in [1.82, 2.24) is 29.4 Å². The van der Waals surface area contributed by atoms with Gasteiger partial charge in [0.05, 0.1) is 79.7 Å². The highest BCUT2D eigenvalue weighted by Gasteiger charge is 2.49. The molecule has 31 heteroatoms. The lowest BCUT2D eigenvalue weighted by Gasteiger charge is -2.45. The quantitative estimate of drug-likeness (QED) is 0.0443. The van der Waals surface area contributed by atoms with Gasteiger partial charge in [-0.2, -0.15) is 0 Å². The maximum Gasteiger partial charge on any atom is 0.411 e. The van der Waals surface area contributed by atoms with Gasteiger partial charge < -0.3 is 47.4 Å². The molecule has 1 aromatic carbocycles. The molecule has 1 aromatic rings. The van der Waals surface area contributed by atoms with Crippen LogP contribution in [0.2, 0.25) is 0 Å². The van der Waals surface area contributed by atoms with Crippen LogP contribution in [0.25, 0.3) is 0 Å². The van der Waals surface area contributed by atoms with Gasteiger partial charge in [0.15, 0.2) is 0 Å². The Bertz CT molecular complexity index is 2680. The van der Waals surface area contributed by atoms with Crippen LogP contribution in [0.15, 0.2) is 18.2 Å². The molecule has 0 aromatic heterocycles. The van der Waals surface area contributed by atoms with E-state index in [0.29, 0.717) is 0 Å². The number of anilines is 2. The maximum absolute atomic E-state index is 14.5. The topological polar surface area (TPSA) is 350 Å². The second kappa shape index (κ2) is 34.4. The molecule has 3 rings (SSSR count). The Balaban J connectivity index is 2.28. The predicted molar refractivity (Wildman–Crippen MR) is 364 cm³/mol. The number of carbonyl (C=O) groups excluding carboxylic acids is 10. The van der Waals surface area contributed by atoms with E-state index < -0.39 is 166 Å². The van der Waals surface area contributed by atoms with Crippen molar-refractivity contribution in [1.29, 1.82) is 0 Å². The van der Waals surface area contributed by atoms with Crippen molar-refractivity contribution in [2.24, 2.45) is 0 Å². The smallest absolute Gasteiger partial charge is 0.411 e. The van der Waals surface area contributed by atoms with Crippen LogP contribution in [-0.4, -0.2) is 268 Å². The lowest BCUT2D eigenvalue weighted by molar-refractivity contribution is -0.384. The number of hydrogen-bond acceptors (Lipinski definition) is 28. The summed E-state index contributed by atoms with van der Waals surface area (Å²) in [4.78, 5) is 161. The summed E-state index contributed by atoms with van der Waals surface area (Å²) in [5.74, 6) is -5.83. The van der Waals surface area contributed by atoms with E-state index in [1.807, 2.05) is 0 Å². The zero-order chi connectivity index (χ0) is 75.9. The summed E-state index contributed by atoms with van der Waals surface area (Å²) in [6, 6.07) is 3.07. The van der Waals surface area contributed by atoms with E-state index >= 15 is 0 Å². The number of nitro groups is 1. The largest absolute Gasteiger partial charge is 0.459 e. The standard InChI is InChI=1S/C68H113N9O22/c1-59(2,3)92-49(78)32-71-25-26-72(33-50(79)93-60(4,5)6)41-67(40-71,75(36-53(82)96-63(13,14)15)37-54(83)97-64(16,17)18)44-90-57(86)69-46-29-47(31-48(30-46)77(88)89)70-58(87)91-45-68(76(38-55(84)98-65(19,20)21)39-56(85)99-66(22,23)24)42-73(34-51(80)94-61(7,8)9)27-28-74(43-68)35-52(81)95-62(10,11)12/h29-31H,25-28,32-45H2,1-24H3,(H,69,86)(H,70,87). The number of carbonyl (C=O) groups is 10. The lowest BCUT2D eigenvalue weighted by Crippen LogP contribution is -2.65. The van der Waals surface area contributed by atoms with E-state index in [-0.39, 0.29) is 89.9 Å². The third kappa shape index (κ3) is 35.0. The highest BCUT2D eigenvalue weighted by Crippen LogP contribution is 2.31. The van der Waals surface area contributed by atoms with E-state index in [1.165, 1.54) is 9.80 Å². The second-order valence-electron chi connectivity index (χ2n) is 33.1. The first-order valence-electron chi connectivity index (χ1n) is 33.1. The molecule has 0 aliphatic carbocycles. The minimum atomic E-state index is -1.73. The van der Waals surface area contributed by atoms with Crippen LogP contribution in [0.3, 0.4) is 0 Å². The third-order valence-corrected chi connectivity index (χ3v) is 13.5. The van der Waals surface area contributed by atoms with Crippen molar-refractivity contribution in [3.8, 4) is 0 Å². The summed E-state index contributed by atoms with van der Waals surface area (Å²) in [7, 11) is 0. The monoisotopic (exact) mass is 1410 g/mol. The van der Waals surface area contributed by atoms with Crippen LogP contribution in [0.5, 0.6) is 0 Å². The van der Waals surface area contributed by atoms with E-state index in [1.54, 1.807) is 186 Å². The molecule has 2 heterocycles. The number of amides is 2. The van der Waals surface area contributed by atoms with E-state index in [2.05, 4.69) is 10.6 Å². The zero-order valence-electron chi connectivity index (χ0n) is 63.1. The van der Waals surface area contributed by atoms with Crippen molar-refractivity contribution < 1.29 is 100 Å². The summed E-state index contributed by atoms with van der Waals surface area (Å²) in [6.45, 7) is 34.2. The minimum Gasteiger partial charge on any atom is -0.459 e. The fraction of sp³-hybridized carbons (Fsp3) is 0.765. The molecule has 2 aliphatic heterocycles. The Morgan fingerprint density at radius 2 is 0.576 bits per heavy atom. The normalized spacial score (nSPS) is 16.4. The van der Waals surface area contributed by atoms with Crippen molar-refractivity contribution in [3.63, 3.8) is 0 Å². The Hall–Kier alpha value is -7.32. The average molecular weight is 1410 g/mol. The summed E-state index contributed by atoms with van der Waals surface area (Å²) < 4.78 is 58.0. The van der Waals surface area contributed by atoms with Crippen LogP contribution in [-0.2, 0) is 85.7 Å². The SMILES string of the molecule is CC(C)(C)OC(=O)CN1CCN(CC(=O)OC(C)(C)C)CC(COC(=O)Nc2cc(NC(=O)OCC3(N(CC(=O)OC(C)(C)C)CC(=O)OC(C)(C)C)CN(CC(=O)OC(C)(C)C)CCN(CC(=O)OC(C)(C)C)C3)cc([N+](=O)[O-])c2)(N(CC(=O)OC(C)(C)C)CC(=O)OC(C)(C)C)C1. The second-order valence-corrected chi connectivity index (χ2v) is 33.1. The molecule has 562 valence electrons. The molecule has 0 atom stereocenters. The van der Waals surface area contributed by atoms with Gasteiger partial charge in [-0.3, -0.25) is 88.5 Å². The Labute approximate surface area is 583 Å². The first-order chi connectivity index (χ1) is 44.8. The number of nitrogens with one attached hydrogen (secondary N) is 2. The molecule has 2 N–H and O–H groups in total. The van der Waals surface area contributed by atoms with Crippen LogP contribution >= 0.6 is 0 Å². The van der Waals surface area contributed by atoms with Gasteiger partial charge in [0.1, 0.15) is 58.0 Å². The minimum absolute atomic E-state index is 0.102.